The van der Waals surface area contributed by atoms with Gasteiger partial charge in [0.25, 0.3) is 0 Å². The summed E-state index contributed by atoms with van der Waals surface area (Å²) in [4.78, 5) is 18.9. The summed E-state index contributed by atoms with van der Waals surface area (Å²) in [6.07, 6.45) is 0.788. The molecule has 6 nitrogen and oxygen atoms in total. The van der Waals surface area contributed by atoms with E-state index < -0.39 is 0 Å². The third kappa shape index (κ3) is 4.95. The third-order valence-electron chi connectivity index (χ3n) is 4.25. The molecule has 1 aromatic heterocycles. The average molecular weight is 364 g/mol. The second kappa shape index (κ2) is 8.51. The number of fused-ring (bicyclic) bond motifs is 1. The number of benzene rings is 2. The number of pyridine rings is 1. The van der Waals surface area contributed by atoms with Crippen molar-refractivity contribution in [1.29, 1.82) is 0 Å². The van der Waals surface area contributed by atoms with E-state index >= 15 is 0 Å². The van der Waals surface area contributed by atoms with Gasteiger partial charge in [0.1, 0.15) is 11.6 Å². The molecule has 2 aromatic carbocycles. The lowest BCUT2D eigenvalue weighted by Gasteiger charge is -2.16. The Hall–Kier alpha value is -3.12. The molecule has 0 fully saturated rings. The Morgan fingerprint density at radius 3 is 2.59 bits per heavy atom. The predicted octanol–water partition coefficient (Wildman–Crippen LogP) is 2.78. The van der Waals surface area contributed by atoms with Crippen molar-refractivity contribution in [3.05, 3.63) is 60.2 Å². The SMILES string of the molecule is CN(C)c1cc(NC(=O)CNCCc2ccc(O)cc2)c2ccccc2n1. The topological polar surface area (TPSA) is 77.5 Å². The van der Waals surface area contributed by atoms with Crippen LogP contribution in [0.3, 0.4) is 0 Å². The number of phenolic OH excluding ortho intramolecular Hbond substituents is 1. The number of hydrogen-bond donors (Lipinski definition) is 3. The molecule has 0 aliphatic carbocycles. The van der Waals surface area contributed by atoms with Gasteiger partial charge in [0, 0.05) is 25.5 Å². The number of amides is 1. The van der Waals surface area contributed by atoms with E-state index in [1.54, 1.807) is 12.1 Å². The zero-order valence-electron chi connectivity index (χ0n) is 15.6. The van der Waals surface area contributed by atoms with Crippen molar-refractivity contribution < 1.29 is 9.90 Å². The Kier molecular flexibility index (Phi) is 5.88. The molecular weight excluding hydrogens is 340 g/mol. The highest BCUT2D eigenvalue weighted by Crippen LogP contribution is 2.26. The molecule has 6 heteroatoms. The molecule has 1 heterocycles. The second-order valence-electron chi connectivity index (χ2n) is 6.58. The van der Waals surface area contributed by atoms with Crippen LogP contribution in [-0.4, -0.2) is 43.2 Å². The minimum atomic E-state index is -0.0956. The number of aromatic hydroxyl groups is 1. The molecule has 0 bridgehead atoms. The van der Waals surface area contributed by atoms with Gasteiger partial charge in [0.05, 0.1) is 17.7 Å². The fourth-order valence-corrected chi connectivity index (χ4v) is 2.79. The molecule has 27 heavy (non-hydrogen) atoms. The van der Waals surface area contributed by atoms with Crippen molar-refractivity contribution in [2.45, 2.75) is 6.42 Å². The summed E-state index contributed by atoms with van der Waals surface area (Å²) in [7, 11) is 3.85. The molecular formula is C21H24N4O2. The lowest BCUT2D eigenvalue weighted by atomic mass is 10.1. The molecule has 0 saturated heterocycles. The Morgan fingerprint density at radius 1 is 1.11 bits per heavy atom. The molecule has 0 unspecified atom stereocenters. The van der Waals surface area contributed by atoms with Crippen LogP contribution in [0.25, 0.3) is 10.9 Å². The van der Waals surface area contributed by atoms with Gasteiger partial charge in [-0.2, -0.15) is 0 Å². The Labute approximate surface area is 158 Å². The maximum absolute atomic E-state index is 12.4. The summed E-state index contributed by atoms with van der Waals surface area (Å²) in [5.74, 6) is 0.957. The van der Waals surface area contributed by atoms with E-state index in [9.17, 15) is 9.90 Å². The maximum atomic E-state index is 12.4. The van der Waals surface area contributed by atoms with Crippen molar-refractivity contribution in [2.24, 2.45) is 0 Å². The molecule has 1 amide bonds. The van der Waals surface area contributed by atoms with Gasteiger partial charge in [-0.1, -0.05) is 30.3 Å². The van der Waals surface area contributed by atoms with E-state index in [0.29, 0.717) is 6.54 Å². The standard InChI is InChI=1S/C21H24N4O2/c1-25(2)20-13-19(17-5-3-4-6-18(17)23-20)24-21(27)14-22-12-11-15-7-9-16(26)10-8-15/h3-10,13,22,26H,11-12,14H2,1-2H3,(H,23,24,27). The van der Waals surface area contributed by atoms with Crippen molar-refractivity contribution in [1.82, 2.24) is 10.3 Å². The van der Waals surface area contributed by atoms with E-state index in [1.165, 1.54) is 0 Å². The van der Waals surface area contributed by atoms with Gasteiger partial charge in [-0.05, 0) is 36.7 Å². The number of carbonyl (C=O) groups excluding carboxylic acids is 1. The molecule has 0 radical (unpaired) electrons. The number of para-hydroxylation sites is 1. The van der Waals surface area contributed by atoms with Gasteiger partial charge in [-0.25, -0.2) is 4.98 Å². The van der Waals surface area contributed by atoms with Crippen LogP contribution in [-0.2, 0) is 11.2 Å². The number of hydrogen-bond acceptors (Lipinski definition) is 5. The summed E-state index contributed by atoms with van der Waals surface area (Å²) in [5, 5.41) is 16.3. The van der Waals surface area contributed by atoms with Gasteiger partial charge in [0.15, 0.2) is 0 Å². The molecule has 3 N–H and O–H groups in total. The maximum Gasteiger partial charge on any atom is 0.238 e. The number of anilines is 2. The first-order chi connectivity index (χ1) is 13.0. The molecule has 0 spiro atoms. The molecule has 140 valence electrons. The minimum absolute atomic E-state index is 0.0956. The van der Waals surface area contributed by atoms with Gasteiger partial charge in [0.2, 0.25) is 5.91 Å². The molecule has 3 rings (SSSR count). The number of rotatable bonds is 7. The number of nitrogens with one attached hydrogen (secondary N) is 2. The van der Waals surface area contributed by atoms with Gasteiger partial charge in [-0.15, -0.1) is 0 Å². The first-order valence-corrected chi connectivity index (χ1v) is 8.88. The van der Waals surface area contributed by atoms with E-state index in [0.717, 1.165) is 34.4 Å². The molecule has 0 atom stereocenters. The Bertz CT molecular complexity index is 923. The first kappa shape index (κ1) is 18.7. The van der Waals surface area contributed by atoms with Crippen LogP contribution in [0.4, 0.5) is 11.5 Å². The number of carbonyl (C=O) groups is 1. The summed E-state index contributed by atoms with van der Waals surface area (Å²) < 4.78 is 0. The third-order valence-corrected chi connectivity index (χ3v) is 4.25. The van der Waals surface area contributed by atoms with E-state index in [4.69, 9.17) is 0 Å². The zero-order valence-corrected chi connectivity index (χ0v) is 15.6. The molecule has 3 aromatic rings. The van der Waals surface area contributed by atoms with Crippen LogP contribution < -0.4 is 15.5 Å². The highest BCUT2D eigenvalue weighted by Gasteiger charge is 2.10. The van der Waals surface area contributed by atoms with Crippen LogP contribution >= 0.6 is 0 Å². The lowest BCUT2D eigenvalue weighted by molar-refractivity contribution is -0.115. The largest absolute Gasteiger partial charge is 0.508 e. The quantitative estimate of drug-likeness (QED) is 0.562. The second-order valence-corrected chi connectivity index (χ2v) is 6.58. The Morgan fingerprint density at radius 2 is 1.85 bits per heavy atom. The summed E-state index contributed by atoms with van der Waals surface area (Å²) in [5.41, 5.74) is 2.71. The van der Waals surface area contributed by atoms with Crippen LogP contribution in [0.5, 0.6) is 5.75 Å². The van der Waals surface area contributed by atoms with Crippen molar-refractivity contribution in [3.63, 3.8) is 0 Å². The predicted molar refractivity (Wildman–Crippen MR) is 109 cm³/mol. The van der Waals surface area contributed by atoms with Crippen molar-refractivity contribution in [2.75, 3.05) is 37.4 Å². The van der Waals surface area contributed by atoms with Crippen LogP contribution in [0.2, 0.25) is 0 Å². The summed E-state index contributed by atoms with van der Waals surface area (Å²) >= 11 is 0. The van der Waals surface area contributed by atoms with Crippen molar-refractivity contribution >= 4 is 28.3 Å². The fraction of sp³-hybridized carbons (Fsp3) is 0.238. The van der Waals surface area contributed by atoms with Crippen LogP contribution in [0.1, 0.15) is 5.56 Å². The monoisotopic (exact) mass is 364 g/mol. The normalized spacial score (nSPS) is 10.7. The van der Waals surface area contributed by atoms with Gasteiger partial charge in [-0.3, -0.25) is 4.79 Å². The van der Waals surface area contributed by atoms with E-state index in [-0.39, 0.29) is 18.2 Å². The lowest BCUT2D eigenvalue weighted by Crippen LogP contribution is -2.29. The highest BCUT2D eigenvalue weighted by atomic mass is 16.3. The molecule has 0 saturated carbocycles. The van der Waals surface area contributed by atoms with E-state index in [1.807, 2.05) is 61.5 Å². The zero-order chi connectivity index (χ0) is 19.2. The van der Waals surface area contributed by atoms with Crippen molar-refractivity contribution in [3.8, 4) is 5.75 Å². The summed E-state index contributed by atoms with van der Waals surface area (Å²) in [6, 6.07) is 16.7. The molecule has 0 aliphatic rings. The number of nitrogens with zero attached hydrogens (tertiary/aromatic N) is 2. The number of phenols is 1. The smallest absolute Gasteiger partial charge is 0.238 e. The fourth-order valence-electron chi connectivity index (χ4n) is 2.79. The Balaban J connectivity index is 1.59. The van der Waals surface area contributed by atoms with Crippen LogP contribution in [0.15, 0.2) is 54.6 Å². The summed E-state index contributed by atoms with van der Waals surface area (Å²) in [6.45, 7) is 0.907. The first-order valence-electron chi connectivity index (χ1n) is 8.88. The van der Waals surface area contributed by atoms with Gasteiger partial charge >= 0.3 is 0 Å². The molecule has 0 aliphatic heterocycles. The van der Waals surface area contributed by atoms with Crippen LogP contribution in [0, 0.1) is 0 Å². The minimum Gasteiger partial charge on any atom is -0.508 e. The average Bonchev–Trinajstić information content (AvgIpc) is 2.66. The van der Waals surface area contributed by atoms with Gasteiger partial charge < -0.3 is 20.6 Å². The highest BCUT2D eigenvalue weighted by molar-refractivity contribution is 6.02. The number of aromatic nitrogens is 1. The van der Waals surface area contributed by atoms with E-state index in [2.05, 4.69) is 15.6 Å².